The van der Waals surface area contributed by atoms with E-state index in [4.69, 9.17) is 4.42 Å². The first-order valence-corrected chi connectivity index (χ1v) is 7.05. The van der Waals surface area contributed by atoms with Crippen LogP contribution in [0.1, 0.15) is 33.0 Å². The maximum absolute atomic E-state index is 12.4. The maximum Gasteiger partial charge on any atom is 0.255 e. The summed E-state index contributed by atoms with van der Waals surface area (Å²) in [6.07, 6.45) is 0.595. The van der Waals surface area contributed by atoms with Crippen LogP contribution in [-0.2, 0) is 6.42 Å². The first-order chi connectivity index (χ1) is 10.0. The number of hydrogen-bond donors (Lipinski definition) is 2. The topological polar surface area (TPSA) is 62.5 Å². The second-order valence-corrected chi connectivity index (χ2v) is 5.26. The van der Waals surface area contributed by atoms with Crippen LogP contribution in [0.15, 0.2) is 34.7 Å². The Balaban J connectivity index is 2.09. The Hall–Kier alpha value is -2.07. The van der Waals surface area contributed by atoms with E-state index < -0.39 is 0 Å². The van der Waals surface area contributed by atoms with Gasteiger partial charge in [-0.05, 0) is 32.8 Å². The van der Waals surface area contributed by atoms with Crippen LogP contribution in [0.5, 0.6) is 0 Å². The largest absolute Gasteiger partial charge is 0.466 e. The molecule has 0 saturated carbocycles. The van der Waals surface area contributed by atoms with Crippen molar-refractivity contribution < 1.29 is 14.3 Å². The van der Waals surface area contributed by atoms with Gasteiger partial charge in [0.2, 0.25) is 0 Å². The van der Waals surface area contributed by atoms with Crippen LogP contribution in [0.25, 0.3) is 0 Å². The Morgan fingerprint density at radius 1 is 1.19 bits per heavy atom. The van der Waals surface area contributed by atoms with Crippen molar-refractivity contribution in [1.29, 1.82) is 0 Å². The van der Waals surface area contributed by atoms with E-state index in [1.807, 2.05) is 44.2 Å². The lowest BCUT2D eigenvalue weighted by atomic mass is 10.0. The van der Waals surface area contributed by atoms with E-state index in [1.54, 1.807) is 6.92 Å². The van der Waals surface area contributed by atoms with Gasteiger partial charge in [-0.3, -0.25) is 4.79 Å². The number of aliphatic hydroxyl groups excluding tert-OH is 1. The molecule has 0 unspecified atom stereocenters. The lowest BCUT2D eigenvalue weighted by molar-refractivity contribution is 0.0914. The Morgan fingerprint density at radius 3 is 2.38 bits per heavy atom. The van der Waals surface area contributed by atoms with Crippen LogP contribution in [0.4, 0.5) is 0 Å². The molecule has 0 aliphatic rings. The molecule has 1 atom stereocenters. The van der Waals surface area contributed by atoms with E-state index in [9.17, 15) is 9.90 Å². The van der Waals surface area contributed by atoms with Gasteiger partial charge in [-0.15, -0.1) is 0 Å². The molecule has 1 heterocycles. The summed E-state index contributed by atoms with van der Waals surface area (Å²) in [7, 11) is 0. The van der Waals surface area contributed by atoms with Gasteiger partial charge in [0, 0.05) is 5.56 Å². The molecule has 2 aromatic rings. The average molecular weight is 287 g/mol. The number of carbonyl (C=O) groups excluding carboxylic acids is 1. The molecule has 0 aliphatic heterocycles. The van der Waals surface area contributed by atoms with Crippen molar-refractivity contribution in [1.82, 2.24) is 5.32 Å². The van der Waals surface area contributed by atoms with Crippen LogP contribution in [0, 0.1) is 20.8 Å². The molecule has 112 valence electrons. The number of hydrogen-bond acceptors (Lipinski definition) is 3. The third kappa shape index (κ3) is 3.52. The van der Waals surface area contributed by atoms with E-state index in [0.717, 1.165) is 16.9 Å². The van der Waals surface area contributed by atoms with Gasteiger partial charge in [0.15, 0.2) is 0 Å². The minimum Gasteiger partial charge on any atom is -0.466 e. The molecule has 21 heavy (non-hydrogen) atoms. The molecular weight excluding hydrogens is 266 g/mol. The fourth-order valence-corrected chi connectivity index (χ4v) is 2.44. The van der Waals surface area contributed by atoms with Gasteiger partial charge in [0.25, 0.3) is 5.91 Å². The smallest absolute Gasteiger partial charge is 0.255 e. The summed E-state index contributed by atoms with van der Waals surface area (Å²) in [6, 6.07) is 9.48. The first-order valence-electron chi connectivity index (χ1n) is 7.05. The zero-order valence-corrected chi connectivity index (χ0v) is 12.6. The van der Waals surface area contributed by atoms with Crippen LogP contribution < -0.4 is 5.32 Å². The Labute approximate surface area is 124 Å². The summed E-state index contributed by atoms with van der Waals surface area (Å²) < 4.78 is 5.48. The second kappa shape index (κ2) is 6.59. The molecule has 0 saturated heterocycles. The van der Waals surface area contributed by atoms with Gasteiger partial charge in [0.05, 0.1) is 18.2 Å². The molecule has 0 aliphatic carbocycles. The first kappa shape index (κ1) is 15.3. The highest BCUT2D eigenvalue weighted by molar-refractivity contribution is 5.97. The highest BCUT2D eigenvalue weighted by atomic mass is 16.3. The van der Waals surface area contributed by atoms with Gasteiger partial charge in [-0.25, -0.2) is 0 Å². The SMILES string of the molecule is Cc1oc(C)c(C(=O)N[C@H](CO)Cc2ccccc2)c1C. The third-order valence-electron chi connectivity index (χ3n) is 3.67. The van der Waals surface area contributed by atoms with Gasteiger partial charge in [-0.2, -0.15) is 0 Å². The monoisotopic (exact) mass is 287 g/mol. The highest BCUT2D eigenvalue weighted by Gasteiger charge is 2.21. The summed E-state index contributed by atoms with van der Waals surface area (Å²) in [4.78, 5) is 12.4. The van der Waals surface area contributed by atoms with Crippen LogP contribution in [-0.4, -0.2) is 23.7 Å². The number of benzene rings is 1. The van der Waals surface area contributed by atoms with E-state index >= 15 is 0 Å². The van der Waals surface area contributed by atoms with Crippen molar-refractivity contribution in [2.24, 2.45) is 0 Å². The van der Waals surface area contributed by atoms with Gasteiger partial charge in [0.1, 0.15) is 11.5 Å². The number of rotatable bonds is 5. The summed E-state index contributed by atoms with van der Waals surface area (Å²) in [6.45, 7) is 5.38. The zero-order valence-electron chi connectivity index (χ0n) is 12.6. The van der Waals surface area contributed by atoms with Crippen LogP contribution in [0.2, 0.25) is 0 Å². The van der Waals surface area contributed by atoms with Crippen molar-refractivity contribution in [2.45, 2.75) is 33.2 Å². The molecule has 4 nitrogen and oxygen atoms in total. The van der Waals surface area contributed by atoms with Crippen LogP contribution in [0.3, 0.4) is 0 Å². The summed E-state index contributed by atoms with van der Waals surface area (Å²) in [5.74, 6) is 1.16. The minimum absolute atomic E-state index is 0.102. The molecule has 0 spiro atoms. The standard InChI is InChI=1S/C17H21NO3/c1-11-12(2)21-13(3)16(11)17(20)18-15(10-19)9-14-7-5-4-6-8-14/h4-8,15,19H,9-10H2,1-3H3,(H,18,20)/t15-/m0/s1. The summed E-state index contributed by atoms with van der Waals surface area (Å²) in [5, 5.41) is 12.4. The highest BCUT2D eigenvalue weighted by Crippen LogP contribution is 2.20. The van der Waals surface area contributed by atoms with Crippen LogP contribution >= 0.6 is 0 Å². The number of nitrogens with one attached hydrogen (secondary N) is 1. The van der Waals surface area contributed by atoms with Crippen molar-refractivity contribution in [2.75, 3.05) is 6.61 Å². The third-order valence-corrected chi connectivity index (χ3v) is 3.67. The van der Waals surface area contributed by atoms with Crippen molar-refractivity contribution in [3.8, 4) is 0 Å². The molecule has 1 aromatic heterocycles. The van der Waals surface area contributed by atoms with E-state index in [-0.39, 0.29) is 18.6 Å². The number of aliphatic hydroxyl groups is 1. The predicted octanol–water partition coefficient (Wildman–Crippen LogP) is 2.54. The van der Waals surface area contributed by atoms with Gasteiger partial charge >= 0.3 is 0 Å². The zero-order chi connectivity index (χ0) is 15.4. The summed E-state index contributed by atoms with van der Waals surface area (Å²) in [5.41, 5.74) is 2.49. The normalized spacial score (nSPS) is 12.2. The van der Waals surface area contributed by atoms with E-state index in [1.165, 1.54) is 0 Å². The minimum atomic E-state index is -0.311. The quantitative estimate of drug-likeness (QED) is 0.888. The Kier molecular flexibility index (Phi) is 4.81. The van der Waals surface area contributed by atoms with Gasteiger partial charge < -0.3 is 14.8 Å². The number of furan rings is 1. The maximum atomic E-state index is 12.4. The molecule has 4 heteroatoms. The van der Waals surface area contributed by atoms with Crippen molar-refractivity contribution in [3.63, 3.8) is 0 Å². The number of aryl methyl sites for hydroxylation is 2. The van der Waals surface area contributed by atoms with E-state index in [2.05, 4.69) is 5.32 Å². The fourth-order valence-electron chi connectivity index (χ4n) is 2.44. The molecule has 2 N–H and O–H groups in total. The number of carbonyl (C=O) groups is 1. The lowest BCUT2D eigenvalue weighted by Crippen LogP contribution is -2.39. The molecular formula is C17H21NO3. The summed E-state index contributed by atoms with van der Waals surface area (Å²) >= 11 is 0. The van der Waals surface area contributed by atoms with Crippen molar-refractivity contribution >= 4 is 5.91 Å². The fraction of sp³-hybridized carbons (Fsp3) is 0.353. The second-order valence-electron chi connectivity index (χ2n) is 5.26. The molecule has 1 amide bonds. The molecule has 0 bridgehead atoms. The van der Waals surface area contributed by atoms with Crippen molar-refractivity contribution in [3.05, 3.63) is 58.5 Å². The van der Waals surface area contributed by atoms with E-state index in [0.29, 0.717) is 17.7 Å². The average Bonchev–Trinajstić information content (AvgIpc) is 2.72. The molecule has 0 fully saturated rings. The Bertz CT molecular complexity index is 616. The Morgan fingerprint density at radius 2 is 1.86 bits per heavy atom. The lowest BCUT2D eigenvalue weighted by Gasteiger charge is -2.16. The predicted molar refractivity (Wildman–Crippen MR) is 81.4 cm³/mol. The van der Waals surface area contributed by atoms with Gasteiger partial charge in [-0.1, -0.05) is 30.3 Å². The molecule has 2 rings (SSSR count). The molecule has 0 radical (unpaired) electrons. The molecule has 1 aromatic carbocycles. The number of amides is 1.